The summed E-state index contributed by atoms with van der Waals surface area (Å²) in [5, 5.41) is 8.62. The second-order valence-electron chi connectivity index (χ2n) is 6.83. The number of hydrogen-bond donors (Lipinski definition) is 1. The Labute approximate surface area is 167 Å². The molecule has 1 unspecified atom stereocenters. The molecule has 1 atom stereocenters. The molecule has 0 saturated heterocycles. The van der Waals surface area contributed by atoms with Crippen LogP contribution in [0.4, 0.5) is 0 Å². The zero-order valence-corrected chi connectivity index (χ0v) is 15.5. The quantitative estimate of drug-likeness (QED) is 0.327. The highest BCUT2D eigenvalue weighted by molar-refractivity contribution is 6.13. The molecule has 4 aromatic rings. The zero-order valence-electron chi connectivity index (χ0n) is 15.5. The maximum Gasteiger partial charge on any atom is 0.284 e. The number of para-hydroxylation sites is 2. The largest absolute Gasteiger partial charge is 0.485 e. The van der Waals surface area contributed by atoms with Gasteiger partial charge in [-0.3, -0.25) is 4.79 Å². The second-order valence-corrected chi connectivity index (χ2v) is 6.83. The van der Waals surface area contributed by atoms with Crippen molar-refractivity contribution in [2.75, 3.05) is 6.61 Å². The lowest BCUT2D eigenvalue weighted by Gasteiger charge is -2.24. The third-order valence-corrected chi connectivity index (χ3v) is 4.98. The first-order valence-corrected chi connectivity index (χ1v) is 9.41. The van der Waals surface area contributed by atoms with Crippen LogP contribution in [-0.2, 0) is 4.79 Å². The fourth-order valence-electron chi connectivity index (χ4n) is 3.57. The van der Waals surface area contributed by atoms with Gasteiger partial charge in [0.05, 0.1) is 6.21 Å². The SMILES string of the molecule is O=C(NN=Cc1c2ccccc2cc2ccccc12)C1COc2ccccc2O1. The van der Waals surface area contributed by atoms with Crippen molar-refractivity contribution in [1.29, 1.82) is 0 Å². The van der Waals surface area contributed by atoms with Crippen molar-refractivity contribution in [3.05, 3.63) is 84.4 Å². The lowest BCUT2D eigenvalue weighted by atomic mass is 9.97. The summed E-state index contributed by atoms with van der Waals surface area (Å²) in [6.07, 6.45) is 0.950. The van der Waals surface area contributed by atoms with Crippen molar-refractivity contribution in [2.45, 2.75) is 6.10 Å². The topological polar surface area (TPSA) is 59.9 Å². The molecule has 29 heavy (non-hydrogen) atoms. The average molecular weight is 382 g/mol. The maximum atomic E-state index is 12.5. The highest BCUT2D eigenvalue weighted by Gasteiger charge is 2.27. The summed E-state index contributed by atoms with van der Waals surface area (Å²) in [6, 6.07) is 25.7. The smallest absolute Gasteiger partial charge is 0.284 e. The molecular formula is C24H18N2O3. The summed E-state index contributed by atoms with van der Waals surface area (Å²) in [4.78, 5) is 12.5. The summed E-state index contributed by atoms with van der Waals surface area (Å²) >= 11 is 0. The second kappa shape index (κ2) is 7.28. The van der Waals surface area contributed by atoms with E-state index in [1.54, 1.807) is 12.3 Å². The summed E-state index contributed by atoms with van der Waals surface area (Å²) in [6.45, 7) is 0.148. The molecule has 5 heteroatoms. The summed E-state index contributed by atoms with van der Waals surface area (Å²) in [5.41, 5.74) is 3.55. The first-order valence-electron chi connectivity index (χ1n) is 9.41. The van der Waals surface area contributed by atoms with E-state index in [9.17, 15) is 4.79 Å². The number of fused-ring (bicyclic) bond motifs is 3. The molecule has 5 rings (SSSR count). The Hall–Kier alpha value is -3.86. The number of carbonyl (C=O) groups is 1. The third kappa shape index (κ3) is 3.27. The maximum absolute atomic E-state index is 12.5. The highest BCUT2D eigenvalue weighted by Crippen LogP contribution is 2.31. The Kier molecular flexibility index (Phi) is 4.33. The number of hydrogen-bond acceptors (Lipinski definition) is 4. The van der Waals surface area contributed by atoms with E-state index in [-0.39, 0.29) is 12.5 Å². The molecule has 1 aliphatic heterocycles. The minimum Gasteiger partial charge on any atom is -0.485 e. The fourth-order valence-corrected chi connectivity index (χ4v) is 3.57. The first-order chi connectivity index (χ1) is 14.3. The van der Waals surface area contributed by atoms with Crippen LogP contribution in [0.1, 0.15) is 5.56 Å². The molecular weight excluding hydrogens is 364 g/mol. The van der Waals surface area contributed by atoms with Crippen LogP contribution in [0.3, 0.4) is 0 Å². The van der Waals surface area contributed by atoms with Crippen molar-refractivity contribution in [1.82, 2.24) is 5.43 Å². The van der Waals surface area contributed by atoms with Gasteiger partial charge in [0.15, 0.2) is 11.5 Å². The Balaban J connectivity index is 1.40. The van der Waals surface area contributed by atoms with Gasteiger partial charge >= 0.3 is 0 Å². The summed E-state index contributed by atoms with van der Waals surface area (Å²) in [7, 11) is 0. The predicted octanol–water partition coefficient (Wildman–Crippen LogP) is 4.28. The molecule has 1 amide bonds. The lowest BCUT2D eigenvalue weighted by Crippen LogP contribution is -2.42. The van der Waals surface area contributed by atoms with Crippen LogP contribution < -0.4 is 14.9 Å². The fraction of sp³-hybridized carbons (Fsp3) is 0.0833. The molecule has 0 aromatic heterocycles. The van der Waals surface area contributed by atoms with Gasteiger partial charge in [-0.1, -0.05) is 60.7 Å². The monoisotopic (exact) mass is 382 g/mol. The van der Waals surface area contributed by atoms with Crippen molar-refractivity contribution in [3.63, 3.8) is 0 Å². The van der Waals surface area contributed by atoms with E-state index < -0.39 is 6.10 Å². The van der Waals surface area contributed by atoms with E-state index in [1.807, 2.05) is 42.5 Å². The average Bonchev–Trinajstić information content (AvgIpc) is 2.78. The molecule has 1 aliphatic rings. The number of hydrazone groups is 1. The molecule has 5 nitrogen and oxygen atoms in total. The first kappa shape index (κ1) is 17.3. The molecule has 0 fully saturated rings. The highest BCUT2D eigenvalue weighted by atomic mass is 16.6. The van der Waals surface area contributed by atoms with E-state index in [0.29, 0.717) is 11.5 Å². The Morgan fingerprint density at radius 3 is 2.24 bits per heavy atom. The van der Waals surface area contributed by atoms with Crippen molar-refractivity contribution < 1.29 is 14.3 Å². The van der Waals surface area contributed by atoms with Gasteiger partial charge in [-0.2, -0.15) is 5.10 Å². The number of rotatable bonds is 3. The summed E-state index contributed by atoms with van der Waals surface area (Å²) in [5.74, 6) is 0.852. The number of nitrogens with one attached hydrogen (secondary N) is 1. The van der Waals surface area contributed by atoms with Gasteiger partial charge < -0.3 is 9.47 Å². The molecule has 1 heterocycles. The number of amides is 1. The Morgan fingerprint density at radius 1 is 0.897 bits per heavy atom. The molecule has 0 spiro atoms. The van der Waals surface area contributed by atoms with Crippen molar-refractivity contribution in [2.24, 2.45) is 5.10 Å². The van der Waals surface area contributed by atoms with E-state index >= 15 is 0 Å². The molecule has 0 bridgehead atoms. The van der Waals surface area contributed by atoms with Crippen LogP contribution in [0.25, 0.3) is 21.5 Å². The van der Waals surface area contributed by atoms with Gasteiger partial charge in [0.1, 0.15) is 6.61 Å². The minimum atomic E-state index is -0.744. The normalized spacial score (nSPS) is 15.7. The van der Waals surface area contributed by atoms with E-state index in [2.05, 4.69) is 40.9 Å². The Morgan fingerprint density at radius 2 is 1.52 bits per heavy atom. The van der Waals surface area contributed by atoms with Gasteiger partial charge in [-0.05, 0) is 39.7 Å². The van der Waals surface area contributed by atoms with Crippen LogP contribution in [0.15, 0.2) is 84.0 Å². The third-order valence-electron chi connectivity index (χ3n) is 4.98. The van der Waals surface area contributed by atoms with Crippen LogP contribution in [0.2, 0.25) is 0 Å². The van der Waals surface area contributed by atoms with Crippen LogP contribution in [0, 0.1) is 0 Å². The molecule has 1 N–H and O–H groups in total. The van der Waals surface area contributed by atoms with Crippen LogP contribution >= 0.6 is 0 Å². The molecule has 0 radical (unpaired) electrons. The van der Waals surface area contributed by atoms with Crippen molar-refractivity contribution >= 4 is 33.7 Å². The molecule has 4 aromatic carbocycles. The molecule has 142 valence electrons. The van der Waals surface area contributed by atoms with Gasteiger partial charge in [0.25, 0.3) is 5.91 Å². The number of benzene rings is 4. The van der Waals surface area contributed by atoms with Gasteiger partial charge in [0, 0.05) is 5.56 Å². The predicted molar refractivity (Wildman–Crippen MR) is 114 cm³/mol. The van der Waals surface area contributed by atoms with Crippen LogP contribution in [-0.4, -0.2) is 24.8 Å². The lowest BCUT2D eigenvalue weighted by molar-refractivity contribution is -0.130. The van der Waals surface area contributed by atoms with Gasteiger partial charge in [0.2, 0.25) is 6.10 Å². The van der Waals surface area contributed by atoms with E-state index in [1.165, 1.54) is 0 Å². The van der Waals surface area contributed by atoms with Crippen molar-refractivity contribution in [3.8, 4) is 11.5 Å². The van der Waals surface area contributed by atoms with Crippen LogP contribution in [0.5, 0.6) is 11.5 Å². The summed E-state index contributed by atoms with van der Waals surface area (Å²) < 4.78 is 11.3. The number of carbonyl (C=O) groups excluding carboxylic acids is 1. The van der Waals surface area contributed by atoms with Gasteiger partial charge in [-0.15, -0.1) is 0 Å². The standard InChI is InChI=1S/C24H18N2O3/c27-24(23-15-28-21-11-5-6-12-22(21)29-23)26-25-14-20-18-9-3-1-7-16(18)13-17-8-2-4-10-19(17)20/h1-14,23H,15H2,(H,26,27). The minimum absolute atomic E-state index is 0.148. The zero-order chi connectivity index (χ0) is 19.6. The molecule has 0 aliphatic carbocycles. The number of nitrogens with zero attached hydrogens (tertiary/aromatic N) is 1. The van der Waals surface area contributed by atoms with E-state index in [0.717, 1.165) is 27.1 Å². The van der Waals surface area contributed by atoms with Gasteiger partial charge in [-0.25, -0.2) is 5.43 Å². The molecule has 0 saturated carbocycles. The number of ether oxygens (including phenoxy) is 2. The van der Waals surface area contributed by atoms with E-state index in [4.69, 9.17) is 9.47 Å². The Bertz CT molecular complexity index is 1200.